The van der Waals surface area contributed by atoms with Crippen LogP contribution in [-0.2, 0) is 13.0 Å². The molecule has 11 nitrogen and oxygen atoms in total. The summed E-state index contributed by atoms with van der Waals surface area (Å²) in [6.45, 7) is 0.349. The summed E-state index contributed by atoms with van der Waals surface area (Å²) in [7, 11) is 1.35. The molecule has 0 radical (unpaired) electrons. The molecule has 0 amide bonds. The Bertz CT molecular complexity index is 1740. The van der Waals surface area contributed by atoms with Crippen LogP contribution in [-0.4, -0.2) is 58.3 Å². The zero-order valence-corrected chi connectivity index (χ0v) is 21.5. The number of carboxylic acids is 1. The van der Waals surface area contributed by atoms with Gasteiger partial charge >= 0.3 is 5.97 Å². The van der Waals surface area contributed by atoms with E-state index in [0.717, 1.165) is 11.3 Å². The van der Waals surface area contributed by atoms with Gasteiger partial charge in [0.15, 0.2) is 17.3 Å². The van der Waals surface area contributed by atoms with Crippen LogP contribution in [0.2, 0.25) is 0 Å². The van der Waals surface area contributed by atoms with Gasteiger partial charge in [-0.05, 0) is 48.4 Å². The second kappa shape index (κ2) is 10.3. The smallest absolute Gasteiger partial charge is 0.373 e. The lowest BCUT2D eigenvalue weighted by Crippen LogP contribution is -2.07. The fourth-order valence-electron chi connectivity index (χ4n) is 4.68. The highest BCUT2D eigenvalue weighted by atomic mass is 19.1. The normalized spacial score (nSPS) is 13.1. The number of carboxylic acid groups (broad SMARTS) is 1. The van der Waals surface area contributed by atoms with Crippen LogP contribution in [0.3, 0.4) is 0 Å². The monoisotopic (exact) mass is 541 g/mol. The average molecular weight is 542 g/mol. The number of carbonyl (C=O) groups is 2. The lowest BCUT2D eigenvalue weighted by Gasteiger charge is -2.13. The number of aromatic nitrogens is 7. The van der Waals surface area contributed by atoms with Crippen molar-refractivity contribution in [3.8, 4) is 16.9 Å². The average Bonchev–Trinajstić information content (AvgIpc) is 3.57. The van der Waals surface area contributed by atoms with E-state index in [4.69, 9.17) is 9.84 Å². The minimum atomic E-state index is -1.27. The number of ketones is 1. The molecule has 5 aromatic rings. The van der Waals surface area contributed by atoms with Crippen LogP contribution < -0.4 is 4.74 Å². The third-order valence-electron chi connectivity index (χ3n) is 6.90. The number of rotatable bonds is 10. The fraction of sp³-hybridized carbons (Fsp3) is 0.250. The van der Waals surface area contributed by atoms with Crippen molar-refractivity contribution in [3.05, 3.63) is 89.4 Å². The third kappa shape index (κ3) is 5.03. The van der Waals surface area contributed by atoms with Crippen LogP contribution in [0.4, 0.5) is 4.39 Å². The van der Waals surface area contributed by atoms with E-state index in [0.29, 0.717) is 23.6 Å². The van der Waals surface area contributed by atoms with Gasteiger partial charge in [0.25, 0.3) is 0 Å². The van der Waals surface area contributed by atoms with E-state index in [1.54, 1.807) is 16.9 Å². The summed E-state index contributed by atoms with van der Waals surface area (Å²) in [6.07, 6.45) is 10.7. The zero-order chi connectivity index (χ0) is 27.8. The van der Waals surface area contributed by atoms with Crippen LogP contribution >= 0.6 is 0 Å². The molecule has 1 aromatic carbocycles. The van der Waals surface area contributed by atoms with Gasteiger partial charge in [0, 0.05) is 42.3 Å². The summed E-state index contributed by atoms with van der Waals surface area (Å²) in [5, 5.41) is 17.2. The van der Waals surface area contributed by atoms with Gasteiger partial charge in [0.05, 0.1) is 25.5 Å². The van der Waals surface area contributed by atoms with Gasteiger partial charge in [0.2, 0.25) is 5.82 Å². The number of aromatic carboxylic acids is 1. The molecule has 0 unspecified atom stereocenters. The summed E-state index contributed by atoms with van der Waals surface area (Å²) in [5.41, 5.74) is 4.18. The third-order valence-corrected chi connectivity index (χ3v) is 6.90. The molecule has 1 N–H and O–H groups in total. The Hall–Kier alpha value is -5.00. The first-order chi connectivity index (χ1) is 19.4. The molecule has 1 saturated carbocycles. The SMILES string of the molecule is COc1ccc(-c2cnc(C(=O)O)nc2)c(CCC(=O)c2cn(Cc3cn4cc(C5CC5)ccc4n3)nn2)c1F. The molecule has 1 aliphatic carbocycles. The maximum atomic E-state index is 15.3. The van der Waals surface area contributed by atoms with Gasteiger partial charge in [-0.3, -0.25) is 4.79 Å². The van der Waals surface area contributed by atoms with E-state index in [1.165, 1.54) is 44.0 Å². The van der Waals surface area contributed by atoms with E-state index in [9.17, 15) is 9.59 Å². The Labute approximate surface area is 227 Å². The van der Waals surface area contributed by atoms with E-state index in [2.05, 4.69) is 37.5 Å². The molecular weight excluding hydrogens is 517 g/mol. The molecule has 40 heavy (non-hydrogen) atoms. The summed E-state index contributed by atoms with van der Waals surface area (Å²) in [5.74, 6) is -1.89. The molecule has 0 spiro atoms. The van der Waals surface area contributed by atoms with Crippen LogP contribution in [0.15, 0.2) is 55.2 Å². The van der Waals surface area contributed by atoms with Gasteiger partial charge in [0.1, 0.15) is 11.3 Å². The minimum Gasteiger partial charge on any atom is -0.494 e. The fourth-order valence-corrected chi connectivity index (χ4v) is 4.68. The number of fused-ring (bicyclic) bond motifs is 1. The number of pyridine rings is 1. The highest BCUT2D eigenvalue weighted by molar-refractivity contribution is 5.94. The van der Waals surface area contributed by atoms with Gasteiger partial charge in [-0.15, -0.1) is 5.10 Å². The number of hydrogen-bond acceptors (Lipinski definition) is 8. The lowest BCUT2D eigenvalue weighted by atomic mass is 9.96. The molecule has 1 fully saturated rings. The number of benzene rings is 1. The molecule has 0 bridgehead atoms. The molecule has 6 rings (SSSR count). The van der Waals surface area contributed by atoms with Crippen molar-refractivity contribution in [3.63, 3.8) is 0 Å². The van der Waals surface area contributed by atoms with Crippen molar-refractivity contribution >= 4 is 17.4 Å². The summed E-state index contributed by atoms with van der Waals surface area (Å²) in [4.78, 5) is 36.3. The van der Waals surface area contributed by atoms with E-state index < -0.39 is 11.8 Å². The van der Waals surface area contributed by atoms with Crippen molar-refractivity contribution in [1.82, 2.24) is 34.3 Å². The van der Waals surface area contributed by atoms with Gasteiger partial charge in [-0.2, -0.15) is 0 Å². The lowest BCUT2D eigenvalue weighted by molar-refractivity contribution is 0.0683. The van der Waals surface area contributed by atoms with E-state index >= 15 is 4.39 Å². The predicted octanol–water partition coefficient (Wildman–Crippen LogP) is 3.97. The van der Waals surface area contributed by atoms with Crippen molar-refractivity contribution in [2.45, 2.75) is 38.1 Å². The number of Topliss-reactive ketones (excluding diaryl/α,β-unsaturated/α-hetero) is 1. The topological polar surface area (TPSA) is 137 Å². The largest absolute Gasteiger partial charge is 0.494 e. The highest BCUT2D eigenvalue weighted by Crippen LogP contribution is 2.40. The molecule has 12 heteroatoms. The number of hydrogen-bond donors (Lipinski definition) is 1. The van der Waals surface area contributed by atoms with Crippen molar-refractivity contribution in [1.29, 1.82) is 0 Å². The van der Waals surface area contributed by atoms with Crippen LogP contribution in [0, 0.1) is 5.82 Å². The maximum absolute atomic E-state index is 15.3. The van der Waals surface area contributed by atoms with Gasteiger partial charge in [-0.1, -0.05) is 17.3 Å². The molecule has 4 aromatic heterocycles. The Balaban J connectivity index is 1.17. The first kappa shape index (κ1) is 25.3. The van der Waals surface area contributed by atoms with Crippen LogP contribution in [0.1, 0.15) is 63.1 Å². The number of nitrogens with zero attached hydrogens (tertiary/aromatic N) is 7. The highest BCUT2D eigenvalue weighted by Gasteiger charge is 2.24. The Morgan fingerprint density at radius 2 is 1.90 bits per heavy atom. The Morgan fingerprint density at radius 3 is 2.62 bits per heavy atom. The summed E-state index contributed by atoms with van der Waals surface area (Å²) in [6, 6.07) is 7.20. The Kier molecular flexibility index (Phi) is 6.50. The first-order valence-corrected chi connectivity index (χ1v) is 12.7. The molecule has 202 valence electrons. The van der Waals surface area contributed by atoms with Gasteiger partial charge < -0.3 is 14.2 Å². The standard InChI is InChI=1S/C28H24FN7O4/c1-40-24-8-6-20(18-10-30-27(28(38)39)31-11-18)21(26(24)29)5-7-23(37)22-15-36(34-33-22)14-19-13-35-12-17(16-2-3-16)4-9-25(35)32-19/h4,6,8-13,15-16H,2-3,5,7,14H2,1H3,(H,38,39). The molecular formula is C28H24FN7O4. The number of imidazole rings is 1. The van der Waals surface area contributed by atoms with Crippen LogP contribution in [0.25, 0.3) is 16.8 Å². The van der Waals surface area contributed by atoms with Crippen molar-refractivity contribution < 1.29 is 23.8 Å². The van der Waals surface area contributed by atoms with Crippen molar-refractivity contribution in [2.75, 3.05) is 7.11 Å². The molecule has 1 aliphatic rings. The van der Waals surface area contributed by atoms with Crippen molar-refractivity contribution in [2.24, 2.45) is 0 Å². The number of ether oxygens (including phenoxy) is 1. The number of methoxy groups -OCH3 is 1. The summed E-state index contributed by atoms with van der Waals surface area (Å²) < 4.78 is 24.0. The second-order valence-corrected chi connectivity index (χ2v) is 9.67. The molecule has 0 aliphatic heterocycles. The molecule has 0 atom stereocenters. The van der Waals surface area contributed by atoms with E-state index in [-0.39, 0.29) is 41.5 Å². The van der Waals surface area contributed by atoms with Crippen LogP contribution in [0.5, 0.6) is 5.75 Å². The molecule has 4 heterocycles. The second-order valence-electron chi connectivity index (χ2n) is 9.67. The number of halogens is 1. The Morgan fingerprint density at radius 1 is 1.10 bits per heavy atom. The zero-order valence-electron chi connectivity index (χ0n) is 21.5. The summed E-state index contributed by atoms with van der Waals surface area (Å²) >= 11 is 0. The number of carbonyl (C=O) groups excluding carboxylic acids is 1. The van der Waals surface area contributed by atoms with E-state index in [1.807, 2.05) is 16.7 Å². The maximum Gasteiger partial charge on any atom is 0.373 e. The minimum absolute atomic E-state index is 0.0249. The molecule has 0 saturated heterocycles. The predicted molar refractivity (Wildman–Crippen MR) is 140 cm³/mol. The van der Waals surface area contributed by atoms with Gasteiger partial charge in [-0.25, -0.2) is 28.8 Å². The quantitative estimate of drug-likeness (QED) is 0.260. The first-order valence-electron chi connectivity index (χ1n) is 12.7.